The van der Waals surface area contributed by atoms with Gasteiger partial charge in [-0.15, -0.1) is 12.4 Å². The van der Waals surface area contributed by atoms with Gasteiger partial charge in [-0.3, -0.25) is 9.59 Å². The van der Waals surface area contributed by atoms with Crippen LogP contribution in [-0.4, -0.2) is 38.1 Å². The first kappa shape index (κ1) is 19.7. The lowest BCUT2D eigenvalue weighted by atomic mass is 9.91. The van der Waals surface area contributed by atoms with Crippen LogP contribution in [0.1, 0.15) is 36.9 Å². The van der Waals surface area contributed by atoms with Crippen molar-refractivity contribution in [1.82, 2.24) is 5.32 Å². The highest BCUT2D eigenvalue weighted by Gasteiger charge is 2.28. The molecule has 2 aliphatic rings. The number of halogens is 1. The number of fused-ring (bicyclic) bond motifs is 1. The van der Waals surface area contributed by atoms with Gasteiger partial charge in [0.15, 0.2) is 0 Å². The molecule has 0 bridgehead atoms. The van der Waals surface area contributed by atoms with Gasteiger partial charge in [0, 0.05) is 25.9 Å². The molecule has 3 rings (SSSR count). The third-order valence-corrected chi connectivity index (χ3v) is 5.12. The number of nitrogens with one attached hydrogen (secondary N) is 1. The number of rotatable bonds is 4. The number of carbonyl (C=O) groups excluding carboxylic acids is 2. The van der Waals surface area contributed by atoms with E-state index in [1.165, 1.54) is 0 Å². The van der Waals surface area contributed by atoms with Crippen molar-refractivity contribution in [2.45, 2.75) is 38.3 Å². The maximum atomic E-state index is 12.4. The van der Waals surface area contributed by atoms with Crippen LogP contribution in [0.5, 0.6) is 0 Å². The van der Waals surface area contributed by atoms with E-state index in [1.54, 1.807) is 11.9 Å². The number of ether oxygens (including phenoxy) is 1. The topological polar surface area (TPSA) is 84.7 Å². The summed E-state index contributed by atoms with van der Waals surface area (Å²) >= 11 is 0. The zero-order chi connectivity index (χ0) is 17.3. The first-order chi connectivity index (χ1) is 11.5. The van der Waals surface area contributed by atoms with Crippen molar-refractivity contribution in [2.75, 3.05) is 25.2 Å². The Kier molecular flexibility index (Phi) is 6.43. The minimum absolute atomic E-state index is 0. The largest absolute Gasteiger partial charge is 0.381 e. The van der Waals surface area contributed by atoms with Crippen molar-refractivity contribution in [1.29, 1.82) is 0 Å². The van der Waals surface area contributed by atoms with Crippen LogP contribution in [0.4, 0.5) is 5.69 Å². The lowest BCUT2D eigenvalue weighted by Crippen LogP contribution is -2.47. The average Bonchev–Trinajstić information content (AvgIpc) is 2.88. The van der Waals surface area contributed by atoms with Gasteiger partial charge in [0.25, 0.3) is 0 Å². The number of anilines is 1. The molecule has 25 heavy (non-hydrogen) atoms. The second-order valence-electron chi connectivity index (χ2n) is 6.72. The molecule has 0 aliphatic carbocycles. The monoisotopic (exact) mass is 367 g/mol. The van der Waals surface area contributed by atoms with E-state index in [4.69, 9.17) is 10.5 Å². The quantitative estimate of drug-likeness (QED) is 0.845. The summed E-state index contributed by atoms with van der Waals surface area (Å²) in [5, 5.41) is 3.00. The van der Waals surface area contributed by atoms with Crippen molar-refractivity contribution in [3.63, 3.8) is 0 Å². The predicted octanol–water partition coefficient (Wildman–Crippen LogP) is 1.56. The summed E-state index contributed by atoms with van der Waals surface area (Å²) < 4.78 is 5.32. The van der Waals surface area contributed by atoms with E-state index >= 15 is 0 Å². The smallest absolute Gasteiger partial charge is 0.237 e. The molecule has 2 aliphatic heterocycles. The van der Waals surface area contributed by atoms with Gasteiger partial charge in [-0.25, -0.2) is 0 Å². The van der Waals surface area contributed by atoms with E-state index in [0.717, 1.165) is 29.7 Å². The van der Waals surface area contributed by atoms with Crippen LogP contribution >= 0.6 is 12.4 Å². The standard InChI is InChI=1S/C18H25N3O3.ClH/c1-11(20-18(23)17(19)12-5-7-24-8-6-12)13-3-4-15-14(9-13)10-16(22)21(15)2;/h3-4,9,11-12,17H,5-8,10,19H2,1-2H3,(H,20,23);1H. The van der Waals surface area contributed by atoms with Crippen LogP contribution in [0.3, 0.4) is 0 Å². The molecule has 138 valence electrons. The van der Waals surface area contributed by atoms with Gasteiger partial charge < -0.3 is 20.7 Å². The fourth-order valence-corrected chi connectivity index (χ4v) is 3.44. The van der Waals surface area contributed by atoms with Gasteiger partial charge in [-0.05, 0) is 42.9 Å². The highest BCUT2D eigenvalue weighted by atomic mass is 35.5. The lowest BCUT2D eigenvalue weighted by Gasteiger charge is -2.28. The molecule has 0 radical (unpaired) electrons. The highest BCUT2D eigenvalue weighted by Crippen LogP contribution is 2.30. The Balaban J connectivity index is 0.00000225. The average molecular weight is 368 g/mol. The maximum Gasteiger partial charge on any atom is 0.237 e. The molecule has 2 heterocycles. The number of carbonyl (C=O) groups is 2. The molecule has 1 fully saturated rings. The first-order valence-corrected chi connectivity index (χ1v) is 8.50. The fourth-order valence-electron chi connectivity index (χ4n) is 3.44. The molecule has 1 saturated heterocycles. The Morgan fingerprint density at radius 3 is 2.72 bits per heavy atom. The Labute approximate surface area is 154 Å². The number of nitrogens with zero attached hydrogens (tertiary/aromatic N) is 1. The highest BCUT2D eigenvalue weighted by molar-refractivity contribution is 6.01. The molecule has 1 aromatic carbocycles. The normalized spacial score (nSPS) is 19.8. The molecular weight excluding hydrogens is 342 g/mol. The summed E-state index contributed by atoms with van der Waals surface area (Å²) in [4.78, 5) is 25.9. The maximum absolute atomic E-state index is 12.4. The van der Waals surface area contributed by atoms with Crippen LogP contribution in [-0.2, 0) is 20.7 Å². The van der Waals surface area contributed by atoms with Crippen LogP contribution in [0.15, 0.2) is 18.2 Å². The van der Waals surface area contributed by atoms with Crippen molar-refractivity contribution < 1.29 is 14.3 Å². The SMILES string of the molecule is CC(NC(=O)C(N)C1CCOCC1)c1ccc2c(c1)CC(=O)N2C.Cl. The van der Waals surface area contributed by atoms with Crippen molar-refractivity contribution in [2.24, 2.45) is 11.7 Å². The van der Waals surface area contributed by atoms with Gasteiger partial charge in [0.05, 0.1) is 18.5 Å². The molecule has 0 aromatic heterocycles. The van der Waals surface area contributed by atoms with Crippen LogP contribution in [0, 0.1) is 5.92 Å². The minimum atomic E-state index is -0.501. The van der Waals surface area contributed by atoms with E-state index in [9.17, 15) is 9.59 Å². The zero-order valence-electron chi connectivity index (χ0n) is 14.7. The predicted molar refractivity (Wildman–Crippen MR) is 98.9 cm³/mol. The molecule has 0 spiro atoms. The van der Waals surface area contributed by atoms with Crippen LogP contribution in [0.25, 0.3) is 0 Å². The molecule has 2 amide bonds. The summed E-state index contributed by atoms with van der Waals surface area (Å²) in [6, 6.07) is 5.25. The number of likely N-dealkylation sites (N-methyl/N-ethyl adjacent to an activating group) is 1. The van der Waals surface area contributed by atoms with E-state index in [1.807, 2.05) is 25.1 Å². The zero-order valence-corrected chi connectivity index (χ0v) is 15.5. The van der Waals surface area contributed by atoms with Gasteiger partial charge in [0.2, 0.25) is 11.8 Å². The second-order valence-corrected chi connectivity index (χ2v) is 6.72. The Hall–Kier alpha value is -1.63. The Morgan fingerprint density at radius 1 is 1.36 bits per heavy atom. The van der Waals surface area contributed by atoms with E-state index in [-0.39, 0.29) is 36.2 Å². The third-order valence-electron chi connectivity index (χ3n) is 5.12. The summed E-state index contributed by atoms with van der Waals surface area (Å²) in [5.74, 6) is 0.153. The number of hydrogen-bond acceptors (Lipinski definition) is 4. The van der Waals surface area contributed by atoms with Gasteiger partial charge in [-0.1, -0.05) is 12.1 Å². The van der Waals surface area contributed by atoms with Crippen molar-refractivity contribution in [3.05, 3.63) is 29.3 Å². The summed E-state index contributed by atoms with van der Waals surface area (Å²) in [6.07, 6.45) is 2.08. The van der Waals surface area contributed by atoms with Crippen LogP contribution < -0.4 is 16.0 Å². The number of nitrogens with two attached hydrogens (primary N) is 1. The number of hydrogen-bond donors (Lipinski definition) is 2. The van der Waals surface area contributed by atoms with Crippen molar-refractivity contribution in [3.8, 4) is 0 Å². The third kappa shape index (κ3) is 4.14. The molecule has 1 aromatic rings. The Morgan fingerprint density at radius 2 is 2.04 bits per heavy atom. The molecular formula is C18H26ClN3O3. The van der Waals surface area contributed by atoms with Gasteiger partial charge in [-0.2, -0.15) is 0 Å². The van der Waals surface area contributed by atoms with Gasteiger partial charge in [0.1, 0.15) is 0 Å². The summed E-state index contributed by atoms with van der Waals surface area (Å²) in [6.45, 7) is 3.29. The minimum Gasteiger partial charge on any atom is -0.381 e. The summed E-state index contributed by atoms with van der Waals surface area (Å²) in [7, 11) is 1.78. The molecule has 7 heteroatoms. The van der Waals surface area contributed by atoms with E-state index in [0.29, 0.717) is 19.6 Å². The first-order valence-electron chi connectivity index (χ1n) is 8.50. The number of amides is 2. The van der Waals surface area contributed by atoms with Crippen molar-refractivity contribution >= 4 is 29.9 Å². The molecule has 6 nitrogen and oxygen atoms in total. The Bertz CT molecular complexity index is 646. The fraction of sp³-hybridized carbons (Fsp3) is 0.556. The van der Waals surface area contributed by atoms with Gasteiger partial charge >= 0.3 is 0 Å². The van der Waals surface area contributed by atoms with E-state index < -0.39 is 6.04 Å². The molecule has 0 saturated carbocycles. The second kappa shape index (κ2) is 8.17. The number of benzene rings is 1. The molecule has 3 N–H and O–H groups in total. The lowest BCUT2D eigenvalue weighted by molar-refractivity contribution is -0.125. The summed E-state index contributed by atoms with van der Waals surface area (Å²) in [5.41, 5.74) is 9.07. The molecule has 2 atom stereocenters. The van der Waals surface area contributed by atoms with Crippen LogP contribution in [0.2, 0.25) is 0 Å². The van der Waals surface area contributed by atoms with E-state index in [2.05, 4.69) is 5.32 Å². The molecule has 2 unspecified atom stereocenters.